The smallest absolute Gasteiger partial charge is 0.230 e. The molecule has 128 valence electrons. The van der Waals surface area contributed by atoms with E-state index >= 15 is 0 Å². The molecule has 2 aromatic heterocycles. The van der Waals surface area contributed by atoms with Crippen LogP contribution in [0.3, 0.4) is 0 Å². The highest BCUT2D eigenvalue weighted by Gasteiger charge is 2.15. The van der Waals surface area contributed by atoms with Gasteiger partial charge in [-0.05, 0) is 24.3 Å². The summed E-state index contributed by atoms with van der Waals surface area (Å²) in [5, 5.41) is 11.5. The SMILES string of the molecule is Nn1c(SCC(=O)NCc2ccccn2)nnc1-c1ccccc1Br. The van der Waals surface area contributed by atoms with E-state index in [2.05, 4.69) is 36.4 Å². The molecule has 0 saturated heterocycles. The molecule has 0 unspecified atom stereocenters. The van der Waals surface area contributed by atoms with Gasteiger partial charge in [0.05, 0.1) is 18.0 Å². The van der Waals surface area contributed by atoms with E-state index in [4.69, 9.17) is 5.84 Å². The second-order valence-electron chi connectivity index (χ2n) is 5.04. The van der Waals surface area contributed by atoms with Crippen LogP contribution in [0, 0.1) is 0 Å². The molecule has 0 aliphatic rings. The molecule has 25 heavy (non-hydrogen) atoms. The fourth-order valence-electron chi connectivity index (χ4n) is 2.07. The van der Waals surface area contributed by atoms with Gasteiger partial charge >= 0.3 is 0 Å². The van der Waals surface area contributed by atoms with Crippen molar-refractivity contribution >= 4 is 33.6 Å². The molecule has 0 bridgehead atoms. The number of hydrogen-bond acceptors (Lipinski definition) is 6. The van der Waals surface area contributed by atoms with Crippen molar-refractivity contribution in [2.24, 2.45) is 0 Å². The average molecular weight is 419 g/mol. The van der Waals surface area contributed by atoms with Crippen LogP contribution in [0.5, 0.6) is 0 Å². The second kappa shape index (κ2) is 8.13. The van der Waals surface area contributed by atoms with E-state index in [1.54, 1.807) is 6.20 Å². The normalized spacial score (nSPS) is 10.6. The predicted molar refractivity (Wildman–Crippen MR) is 100 cm³/mol. The molecule has 3 rings (SSSR count). The molecule has 0 aliphatic heterocycles. The summed E-state index contributed by atoms with van der Waals surface area (Å²) in [7, 11) is 0. The molecule has 0 radical (unpaired) electrons. The quantitative estimate of drug-likeness (QED) is 0.470. The lowest BCUT2D eigenvalue weighted by Gasteiger charge is -2.06. The van der Waals surface area contributed by atoms with Gasteiger partial charge in [0.25, 0.3) is 0 Å². The fourth-order valence-corrected chi connectivity index (χ4v) is 3.22. The van der Waals surface area contributed by atoms with Crippen molar-refractivity contribution in [3.05, 3.63) is 58.8 Å². The van der Waals surface area contributed by atoms with E-state index < -0.39 is 0 Å². The molecular weight excluding hydrogens is 404 g/mol. The first kappa shape index (κ1) is 17.4. The Balaban J connectivity index is 1.59. The molecule has 0 spiro atoms. The fraction of sp³-hybridized carbons (Fsp3) is 0.125. The van der Waals surface area contributed by atoms with Crippen LogP contribution in [0.4, 0.5) is 0 Å². The molecule has 2 heterocycles. The van der Waals surface area contributed by atoms with Gasteiger partial charge in [-0.3, -0.25) is 9.78 Å². The first-order chi connectivity index (χ1) is 12.1. The number of carbonyl (C=O) groups excluding carboxylic acids is 1. The first-order valence-electron chi connectivity index (χ1n) is 7.40. The molecule has 0 saturated carbocycles. The Morgan fingerprint density at radius 3 is 2.76 bits per heavy atom. The monoisotopic (exact) mass is 418 g/mol. The zero-order valence-electron chi connectivity index (χ0n) is 13.1. The van der Waals surface area contributed by atoms with E-state index in [1.165, 1.54) is 16.4 Å². The summed E-state index contributed by atoms with van der Waals surface area (Å²) >= 11 is 4.70. The number of pyridine rings is 1. The van der Waals surface area contributed by atoms with Crippen molar-refractivity contribution in [2.45, 2.75) is 11.7 Å². The molecule has 0 fully saturated rings. The molecule has 1 amide bonds. The van der Waals surface area contributed by atoms with Crippen molar-refractivity contribution in [1.29, 1.82) is 0 Å². The number of nitrogens with two attached hydrogens (primary N) is 1. The average Bonchev–Trinajstić information content (AvgIpc) is 3.00. The van der Waals surface area contributed by atoms with Crippen molar-refractivity contribution in [1.82, 2.24) is 25.2 Å². The van der Waals surface area contributed by atoms with E-state index in [0.29, 0.717) is 17.5 Å². The minimum Gasteiger partial charge on any atom is -0.350 e. The Labute approximate surface area is 157 Å². The number of benzene rings is 1. The van der Waals surface area contributed by atoms with Crippen LogP contribution >= 0.6 is 27.7 Å². The van der Waals surface area contributed by atoms with Gasteiger partial charge in [-0.2, -0.15) is 0 Å². The zero-order chi connectivity index (χ0) is 17.6. The topological polar surface area (TPSA) is 98.7 Å². The van der Waals surface area contributed by atoms with Crippen molar-refractivity contribution < 1.29 is 4.79 Å². The van der Waals surface area contributed by atoms with Gasteiger partial charge in [0.2, 0.25) is 11.1 Å². The summed E-state index contributed by atoms with van der Waals surface area (Å²) in [5.41, 5.74) is 1.64. The summed E-state index contributed by atoms with van der Waals surface area (Å²) in [6, 6.07) is 13.2. The van der Waals surface area contributed by atoms with Crippen LogP contribution in [0.2, 0.25) is 0 Å². The number of nitrogens with one attached hydrogen (secondary N) is 1. The zero-order valence-corrected chi connectivity index (χ0v) is 15.5. The first-order valence-corrected chi connectivity index (χ1v) is 9.18. The Morgan fingerprint density at radius 2 is 2.00 bits per heavy atom. The summed E-state index contributed by atoms with van der Waals surface area (Å²) in [6.45, 7) is 0.387. The van der Waals surface area contributed by atoms with Crippen LogP contribution in [0.1, 0.15) is 5.69 Å². The Bertz CT molecular complexity index is 870. The number of rotatable bonds is 6. The highest BCUT2D eigenvalue weighted by molar-refractivity contribution is 9.10. The Morgan fingerprint density at radius 1 is 1.20 bits per heavy atom. The summed E-state index contributed by atoms with van der Waals surface area (Å²) < 4.78 is 2.26. The maximum Gasteiger partial charge on any atom is 0.230 e. The van der Waals surface area contributed by atoms with Gasteiger partial charge in [-0.15, -0.1) is 10.2 Å². The highest BCUT2D eigenvalue weighted by atomic mass is 79.9. The van der Waals surface area contributed by atoms with Gasteiger partial charge in [0, 0.05) is 16.2 Å². The number of nitrogen functional groups attached to an aromatic ring is 1. The van der Waals surface area contributed by atoms with E-state index in [0.717, 1.165) is 15.7 Å². The summed E-state index contributed by atoms with van der Waals surface area (Å²) in [4.78, 5) is 16.1. The number of nitrogens with zero attached hydrogens (tertiary/aromatic N) is 4. The molecule has 9 heteroatoms. The maximum atomic E-state index is 12.0. The van der Waals surface area contributed by atoms with E-state index in [9.17, 15) is 4.79 Å². The van der Waals surface area contributed by atoms with Crippen LogP contribution < -0.4 is 11.2 Å². The molecule has 0 atom stereocenters. The van der Waals surface area contributed by atoms with Crippen molar-refractivity contribution in [3.8, 4) is 11.4 Å². The van der Waals surface area contributed by atoms with Gasteiger partial charge in [-0.25, -0.2) is 4.68 Å². The molecule has 7 nitrogen and oxygen atoms in total. The van der Waals surface area contributed by atoms with Crippen LogP contribution in [-0.4, -0.2) is 31.5 Å². The number of amides is 1. The molecule has 3 N–H and O–H groups in total. The number of halogens is 1. The van der Waals surface area contributed by atoms with Crippen LogP contribution in [0.25, 0.3) is 11.4 Å². The Hall–Kier alpha value is -2.39. The summed E-state index contributed by atoms with van der Waals surface area (Å²) in [5.74, 6) is 6.66. The third-order valence-electron chi connectivity index (χ3n) is 3.30. The standard InChI is InChI=1S/C16H15BrN6OS/c17-13-7-2-1-6-12(13)15-21-22-16(23(15)18)25-10-14(24)20-9-11-5-3-4-8-19-11/h1-8H,9-10,18H2,(H,20,24). The number of aromatic nitrogens is 4. The number of hydrogen-bond donors (Lipinski definition) is 2. The van der Waals surface area contributed by atoms with Gasteiger partial charge < -0.3 is 11.2 Å². The minimum atomic E-state index is -0.124. The molecular formula is C16H15BrN6OS. The number of thioether (sulfide) groups is 1. The predicted octanol–water partition coefficient (Wildman–Crippen LogP) is 2.22. The van der Waals surface area contributed by atoms with E-state index in [-0.39, 0.29) is 11.7 Å². The third kappa shape index (κ3) is 4.37. The molecule has 1 aromatic carbocycles. The lowest BCUT2D eigenvalue weighted by molar-refractivity contribution is -0.118. The lowest BCUT2D eigenvalue weighted by atomic mass is 10.2. The van der Waals surface area contributed by atoms with Crippen LogP contribution in [0.15, 0.2) is 58.3 Å². The van der Waals surface area contributed by atoms with Crippen molar-refractivity contribution in [3.63, 3.8) is 0 Å². The van der Waals surface area contributed by atoms with Gasteiger partial charge in [0.1, 0.15) is 0 Å². The largest absolute Gasteiger partial charge is 0.350 e. The third-order valence-corrected chi connectivity index (χ3v) is 4.94. The van der Waals surface area contributed by atoms with E-state index in [1.807, 2.05) is 42.5 Å². The number of carbonyl (C=O) groups is 1. The minimum absolute atomic E-state index is 0.124. The summed E-state index contributed by atoms with van der Waals surface area (Å²) in [6.07, 6.45) is 1.69. The molecule has 3 aromatic rings. The maximum absolute atomic E-state index is 12.0. The Kier molecular flexibility index (Phi) is 5.67. The van der Waals surface area contributed by atoms with Gasteiger partial charge in [-0.1, -0.05) is 45.9 Å². The van der Waals surface area contributed by atoms with Crippen molar-refractivity contribution in [2.75, 3.05) is 11.6 Å². The van der Waals surface area contributed by atoms with Crippen LogP contribution in [-0.2, 0) is 11.3 Å². The lowest BCUT2D eigenvalue weighted by Crippen LogP contribution is -2.25. The highest BCUT2D eigenvalue weighted by Crippen LogP contribution is 2.27. The van der Waals surface area contributed by atoms with Gasteiger partial charge in [0.15, 0.2) is 5.82 Å². The molecule has 0 aliphatic carbocycles. The second-order valence-corrected chi connectivity index (χ2v) is 6.84.